The van der Waals surface area contributed by atoms with E-state index in [4.69, 9.17) is 25.8 Å². The summed E-state index contributed by atoms with van der Waals surface area (Å²) in [6.07, 6.45) is 0.983. The van der Waals surface area contributed by atoms with Crippen molar-refractivity contribution in [2.75, 3.05) is 26.9 Å². The van der Waals surface area contributed by atoms with Crippen LogP contribution >= 0.6 is 24.0 Å². The molecule has 0 heterocycles. The van der Waals surface area contributed by atoms with Crippen molar-refractivity contribution in [1.29, 1.82) is 0 Å². The Bertz CT molecular complexity index is 678. The number of aryl methyl sites for hydroxylation is 1. The molecule has 0 aliphatic rings. The highest BCUT2D eigenvalue weighted by Gasteiger charge is 2.12. The van der Waals surface area contributed by atoms with Crippen molar-refractivity contribution in [2.24, 2.45) is 0 Å². The molecule has 0 bridgehead atoms. The van der Waals surface area contributed by atoms with E-state index in [1.54, 1.807) is 7.11 Å². The molecule has 150 valence electrons. The van der Waals surface area contributed by atoms with E-state index in [-0.39, 0.29) is 12.4 Å². The quantitative estimate of drug-likeness (QED) is 0.515. The number of halogens is 2. The Kier molecular flexibility index (Phi) is 11.2. The first-order valence-corrected chi connectivity index (χ1v) is 9.35. The molecule has 0 aliphatic carbocycles. The molecule has 2 aromatic carbocycles. The highest BCUT2D eigenvalue weighted by molar-refractivity contribution is 6.32. The zero-order chi connectivity index (χ0) is 18.8. The number of benzene rings is 2. The van der Waals surface area contributed by atoms with E-state index in [1.165, 1.54) is 5.56 Å². The van der Waals surface area contributed by atoms with Gasteiger partial charge in [0.25, 0.3) is 0 Å². The summed E-state index contributed by atoms with van der Waals surface area (Å²) in [5.74, 6) is 1.23. The fourth-order valence-corrected chi connectivity index (χ4v) is 2.82. The lowest BCUT2D eigenvalue weighted by molar-refractivity contribution is 0.144. The van der Waals surface area contributed by atoms with Crippen LogP contribution in [0.15, 0.2) is 36.4 Å². The number of nitrogens with one attached hydrogen (secondary N) is 1. The molecule has 0 radical (unpaired) electrons. The Morgan fingerprint density at radius 1 is 1.07 bits per heavy atom. The van der Waals surface area contributed by atoms with Crippen molar-refractivity contribution in [3.63, 3.8) is 0 Å². The van der Waals surface area contributed by atoms with Crippen molar-refractivity contribution in [2.45, 2.75) is 33.4 Å². The molecule has 0 amide bonds. The van der Waals surface area contributed by atoms with Crippen molar-refractivity contribution in [1.82, 2.24) is 5.32 Å². The third-order valence-electron chi connectivity index (χ3n) is 3.97. The number of hydrogen-bond donors (Lipinski definition) is 1. The van der Waals surface area contributed by atoms with Crippen LogP contribution in [0, 0.1) is 6.92 Å². The smallest absolute Gasteiger partial charge is 0.180 e. The van der Waals surface area contributed by atoms with E-state index in [0.29, 0.717) is 23.1 Å². The first-order valence-electron chi connectivity index (χ1n) is 8.97. The molecule has 0 unspecified atom stereocenters. The summed E-state index contributed by atoms with van der Waals surface area (Å²) in [5.41, 5.74) is 3.38. The summed E-state index contributed by atoms with van der Waals surface area (Å²) in [5, 5.41) is 3.94. The first kappa shape index (κ1) is 23.6. The number of rotatable bonds is 11. The van der Waals surface area contributed by atoms with E-state index < -0.39 is 0 Å². The Morgan fingerprint density at radius 2 is 1.81 bits per heavy atom. The van der Waals surface area contributed by atoms with E-state index >= 15 is 0 Å². The summed E-state index contributed by atoms with van der Waals surface area (Å²) in [7, 11) is 1.63. The highest BCUT2D eigenvalue weighted by atomic mass is 35.5. The molecule has 0 atom stereocenters. The number of hydrogen-bond acceptors (Lipinski definition) is 4. The van der Waals surface area contributed by atoms with Gasteiger partial charge in [0.05, 0.1) is 12.1 Å². The average molecular weight is 414 g/mol. The lowest BCUT2D eigenvalue weighted by Crippen LogP contribution is -2.16. The van der Waals surface area contributed by atoms with Crippen LogP contribution in [0.2, 0.25) is 5.02 Å². The predicted molar refractivity (Wildman–Crippen MR) is 114 cm³/mol. The van der Waals surface area contributed by atoms with Gasteiger partial charge in [-0.3, -0.25) is 0 Å². The van der Waals surface area contributed by atoms with Gasteiger partial charge < -0.3 is 19.5 Å². The minimum atomic E-state index is 0. The monoisotopic (exact) mass is 413 g/mol. The predicted octanol–water partition coefficient (Wildman–Crippen LogP) is 5.17. The molecule has 0 saturated heterocycles. The third kappa shape index (κ3) is 7.97. The van der Waals surface area contributed by atoms with Crippen molar-refractivity contribution in [3.05, 3.63) is 58.1 Å². The minimum absolute atomic E-state index is 0. The van der Waals surface area contributed by atoms with Crippen LogP contribution in [0.25, 0.3) is 0 Å². The summed E-state index contributed by atoms with van der Waals surface area (Å²) < 4.78 is 16.7. The van der Waals surface area contributed by atoms with Crippen LogP contribution in [0.3, 0.4) is 0 Å². The van der Waals surface area contributed by atoms with Crippen LogP contribution in [0.1, 0.15) is 30.0 Å². The Hall–Kier alpha value is -1.46. The largest absolute Gasteiger partial charge is 0.493 e. The second-order valence-electron chi connectivity index (χ2n) is 6.11. The Morgan fingerprint density at radius 3 is 2.48 bits per heavy atom. The SMILES string of the molecule is CCOCCCNCc1cc(Cl)c(OCc2ccc(C)cc2)c(OC)c1.Cl. The summed E-state index contributed by atoms with van der Waals surface area (Å²) >= 11 is 6.43. The fraction of sp³-hybridized carbons (Fsp3) is 0.429. The van der Waals surface area contributed by atoms with Gasteiger partial charge in [0.15, 0.2) is 11.5 Å². The van der Waals surface area contributed by atoms with Gasteiger partial charge in [-0.15, -0.1) is 12.4 Å². The topological polar surface area (TPSA) is 39.7 Å². The first-order chi connectivity index (χ1) is 12.6. The van der Waals surface area contributed by atoms with Crippen LogP contribution in [0.5, 0.6) is 11.5 Å². The average Bonchev–Trinajstić information content (AvgIpc) is 2.64. The summed E-state index contributed by atoms with van der Waals surface area (Å²) in [6.45, 7) is 7.67. The van der Waals surface area contributed by atoms with Crippen LogP contribution in [-0.2, 0) is 17.9 Å². The zero-order valence-electron chi connectivity index (χ0n) is 16.2. The van der Waals surface area contributed by atoms with Gasteiger partial charge in [-0.25, -0.2) is 0 Å². The molecular formula is C21H29Cl2NO3. The van der Waals surface area contributed by atoms with Crippen molar-refractivity contribution < 1.29 is 14.2 Å². The molecular weight excluding hydrogens is 385 g/mol. The lowest BCUT2D eigenvalue weighted by Gasteiger charge is -2.15. The van der Waals surface area contributed by atoms with E-state index in [1.807, 2.05) is 19.1 Å². The summed E-state index contributed by atoms with van der Waals surface area (Å²) in [6, 6.07) is 12.1. The molecule has 2 rings (SSSR count). The molecule has 1 N–H and O–H groups in total. The lowest BCUT2D eigenvalue weighted by atomic mass is 10.1. The maximum Gasteiger partial charge on any atom is 0.180 e. The van der Waals surface area contributed by atoms with Gasteiger partial charge in [0.2, 0.25) is 0 Å². The van der Waals surface area contributed by atoms with Gasteiger partial charge in [0.1, 0.15) is 6.61 Å². The van der Waals surface area contributed by atoms with Gasteiger partial charge in [-0.2, -0.15) is 0 Å². The van der Waals surface area contributed by atoms with Crippen molar-refractivity contribution >= 4 is 24.0 Å². The van der Waals surface area contributed by atoms with Crippen LogP contribution in [0.4, 0.5) is 0 Å². The molecule has 2 aromatic rings. The van der Waals surface area contributed by atoms with Gasteiger partial charge in [0, 0.05) is 19.8 Å². The normalized spacial score (nSPS) is 10.4. The molecule has 6 heteroatoms. The van der Waals surface area contributed by atoms with Crippen LogP contribution < -0.4 is 14.8 Å². The zero-order valence-corrected chi connectivity index (χ0v) is 17.8. The maximum absolute atomic E-state index is 6.43. The second kappa shape index (κ2) is 12.8. The summed E-state index contributed by atoms with van der Waals surface area (Å²) in [4.78, 5) is 0. The highest BCUT2D eigenvalue weighted by Crippen LogP contribution is 2.37. The van der Waals surface area contributed by atoms with E-state index in [0.717, 1.165) is 43.9 Å². The Balaban J connectivity index is 0.00000364. The fourth-order valence-electron chi connectivity index (χ4n) is 2.53. The molecule has 27 heavy (non-hydrogen) atoms. The Labute approximate surface area is 173 Å². The molecule has 0 spiro atoms. The van der Waals surface area contributed by atoms with E-state index in [9.17, 15) is 0 Å². The molecule has 0 aliphatic heterocycles. The number of ether oxygens (including phenoxy) is 3. The number of methoxy groups -OCH3 is 1. The van der Waals surface area contributed by atoms with Gasteiger partial charge >= 0.3 is 0 Å². The minimum Gasteiger partial charge on any atom is -0.493 e. The van der Waals surface area contributed by atoms with Crippen molar-refractivity contribution in [3.8, 4) is 11.5 Å². The van der Waals surface area contributed by atoms with Gasteiger partial charge in [-0.1, -0.05) is 41.4 Å². The standard InChI is InChI=1S/C21H28ClNO3.ClH/c1-4-25-11-5-10-23-14-18-12-19(22)21(20(13-18)24-3)26-15-17-8-6-16(2)7-9-17;/h6-9,12-13,23H,4-5,10-11,14-15H2,1-3H3;1H. The van der Waals surface area contributed by atoms with E-state index in [2.05, 4.69) is 36.5 Å². The molecule has 0 fully saturated rings. The second-order valence-corrected chi connectivity index (χ2v) is 6.52. The third-order valence-corrected chi connectivity index (χ3v) is 4.25. The molecule has 0 saturated carbocycles. The van der Waals surface area contributed by atoms with Gasteiger partial charge in [-0.05, 0) is 50.1 Å². The van der Waals surface area contributed by atoms with Crippen LogP contribution in [-0.4, -0.2) is 26.9 Å². The molecule has 4 nitrogen and oxygen atoms in total. The maximum atomic E-state index is 6.43. The molecule has 0 aromatic heterocycles.